The number of carboxylic acid groups (broad SMARTS) is 1. The van der Waals surface area contributed by atoms with Crippen LogP contribution in [0.4, 0.5) is 13.2 Å². The fourth-order valence-corrected chi connectivity index (χ4v) is 2.69. The summed E-state index contributed by atoms with van der Waals surface area (Å²) in [5.41, 5.74) is -1.72. The number of β-amino-alcohol motifs (C(OH)–C–C–N with tert-alkyl or cyclic N) is 1. The second-order valence-corrected chi connectivity index (χ2v) is 5.62. The molecule has 1 fully saturated rings. The Hall–Kier alpha value is -1.64. The number of benzene rings is 1. The third-order valence-electron chi connectivity index (χ3n) is 4.15. The molecule has 8 heteroatoms. The minimum Gasteiger partial charge on any atom is -0.479 e. The van der Waals surface area contributed by atoms with Gasteiger partial charge in [-0.1, -0.05) is 12.1 Å². The van der Waals surface area contributed by atoms with Crippen LogP contribution in [0.5, 0.6) is 0 Å². The molecule has 1 heterocycles. The average Bonchev–Trinajstić information content (AvgIpc) is 2.91. The molecule has 0 aromatic heterocycles. The summed E-state index contributed by atoms with van der Waals surface area (Å²) < 4.78 is 42.6. The SMILES string of the molecule is COC1(C(=O)O)CCN(C[C@H](O)c2ccc(C(F)(F)F)cc2)C1. The number of carboxylic acids is 1. The zero-order chi connectivity index (χ0) is 17.3. The van der Waals surface area contributed by atoms with E-state index in [2.05, 4.69) is 0 Å². The van der Waals surface area contributed by atoms with Crippen molar-refractivity contribution in [2.24, 2.45) is 0 Å². The standard InChI is InChI=1S/C15H18F3NO4/c1-23-14(13(21)22)6-7-19(9-14)8-12(20)10-2-4-11(5-3-10)15(16,17)18/h2-5,12,20H,6-9H2,1H3,(H,21,22)/t12-,14?/m0/s1. The molecule has 1 unspecified atom stereocenters. The number of carbonyl (C=O) groups is 1. The molecule has 0 spiro atoms. The van der Waals surface area contributed by atoms with Gasteiger partial charge in [-0.3, -0.25) is 4.90 Å². The molecular formula is C15H18F3NO4. The largest absolute Gasteiger partial charge is 0.479 e. The van der Waals surface area contributed by atoms with E-state index in [0.717, 1.165) is 12.1 Å². The molecule has 1 aliphatic rings. The Balaban J connectivity index is 2.00. The Kier molecular flexibility index (Phi) is 4.98. The number of ether oxygens (including phenoxy) is 1. The Morgan fingerprint density at radius 2 is 2.00 bits per heavy atom. The molecule has 1 saturated heterocycles. The summed E-state index contributed by atoms with van der Waals surface area (Å²) in [5.74, 6) is -1.06. The van der Waals surface area contributed by atoms with E-state index in [1.54, 1.807) is 4.90 Å². The molecule has 1 aliphatic heterocycles. The summed E-state index contributed by atoms with van der Waals surface area (Å²) >= 11 is 0. The van der Waals surface area contributed by atoms with Crippen LogP contribution in [-0.4, -0.2) is 53.4 Å². The second kappa shape index (κ2) is 6.46. The Bertz CT molecular complexity index is 561. The van der Waals surface area contributed by atoms with Crippen molar-refractivity contribution in [2.75, 3.05) is 26.7 Å². The third-order valence-corrected chi connectivity index (χ3v) is 4.15. The summed E-state index contributed by atoms with van der Waals surface area (Å²) in [7, 11) is 1.32. The fraction of sp³-hybridized carbons (Fsp3) is 0.533. The van der Waals surface area contributed by atoms with E-state index in [1.807, 2.05) is 0 Å². The van der Waals surface area contributed by atoms with Gasteiger partial charge >= 0.3 is 12.1 Å². The first-order chi connectivity index (χ1) is 10.7. The van der Waals surface area contributed by atoms with Crippen molar-refractivity contribution in [2.45, 2.75) is 24.3 Å². The van der Waals surface area contributed by atoms with Gasteiger partial charge in [0.1, 0.15) is 0 Å². The predicted molar refractivity (Wildman–Crippen MR) is 74.8 cm³/mol. The van der Waals surface area contributed by atoms with E-state index in [9.17, 15) is 28.2 Å². The lowest BCUT2D eigenvalue weighted by molar-refractivity contribution is -0.160. The first-order valence-corrected chi connectivity index (χ1v) is 7.04. The number of hydrogen-bond acceptors (Lipinski definition) is 4. The molecule has 1 aromatic carbocycles. The lowest BCUT2D eigenvalue weighted by Gasteiger charge is -2.24. The zero-order valence-electron chi connectivity index (χ0n) is 12.5. The van der Waals surface area contributed by atoms with Crippen LogP contribution >= 0.6 is 0 Å². The van der Waals surface area contributed by atoms with Crippen molar-refractivity contribution in [1.29, 1.82) is 0 Å². The van der Waals surface area contributed by atoms with Crippen LogP contribution < -0.4 is 0 Å². The molecule has 2 rings (SSSR count). The Morgan fingerprint density at radius 3 is 2.43 bits per heavy atom. The summed E-state index contributed by atoms with van der Waals surface area (Å²) in [6.45, 7) is 0.679. The van der Waals surface area contributed by atoms with Gasteiger partial charge in [-0.05, 0) is 17.7 Å². The highest BCUT2D eigenvalue weighted by atomic mass is 19.4. The lowest BCUT2D eigenvalue weighted by Crippen LogP contribution is -2.43. The van der Waals surface area contributed by atoms with Gasteiger partial charge in [0.15, 0.2) is 5.60 Å². The summed E-state index contributed by atoms with van der Waals surface area (Å²) in [6.07, 6.45) is -5.13. The first-order valence-electron chi connectivity index (χ1n) is 7.04. The highest BCUT2D eigenvalue weighted by molar-refractivity contribution is 5.78. The normalized spacial score (nSPS) is 23.9. The second-order valence-electron chi connectivity index (χ2n) is 5.62. The molecule has 1 aromatic rings. The topological polar surface area (TPSA) is 70.0 Å². The van der Waals surface area contributed by atoms with Gasteiger partial charge in [-0.2, -0.15) is 13.2 Å². The summed E-state index contributed by atoms with van der Waals surface area (Å²) in [6, 6.07) is 4.28. The highest BCUT2D eigenvalue weighted by Crippen LogP contribution is 2.31. The maximum atomic E-state index is 12.5. The van der Waals surface area contributed by atoms with E-state index in [0.29, 0.717) is 18.5 Å². The molecule has 23 heavy (non-hydrogen) atoms. The number of likely N-dealkylation sites (tertiary alicyclic amines) is 1. The summed E-state index contributed by atoms with van der Waals surface area (Å²) in [5, 5.41) is 19.4. The first kappa shape index (κ1) is 17.7. The van der Waals surface area contributed by atoms with Crippen LogP contribution in [0.3, 0.4) is 0 Å². The van der Waals surface area contributed by atoms with E-state index >= 15 is 0 Å². The van der Waals surface area contributed by atoms with Gasteiger partial charge in [0, 0.05) is 33.2 Å². The van der Waals surface area contributed by atoms with Gasteiger partial charge < -0.3 is 14.9 Å². The monoisotopic (exact) mass is 333 g/mol. The quantitative estimate of drug-likeness (QED) is 0.861. The van der Waals surface area contributed by atoms with E-state index in [-0.39, 0.29) is 13.1 Å². The number of halogens is 3. The molecule has 0 bridgehead atoms. The maximum Gasteiger partial charge on any atom is 0.416 e. The van der Waals surface area contributed by atoms with Crippen molar-refractivity contribution < 1.29 is 32.9 Å². The molecule has 0 aliphatic carbocycles. The Labute approximate surface area is 131 Å². The minimum atomic E-state index is -4.42. The number of aliphatic hydroxyl groups is 1. The third kappa shape index (κ3) is 3.82. The molecule has 0 radical (unpaired) electrons. The molecule has 2 N–H and O–H groups in total. The number of aliphatic hydroxyl groups excluding tert-OH is 1. The number of hydrogen-bond donors (Lipinski definition) is 2. The molecular weight excluding hydrogens is 315 g/mol. The van der Waals surface area contributed by atoms with Gasteiger partial charge in [-0.15, -0.1) is 0 Å². The van der Waals surface area contributed by atoms with E-state index < -0.39 is 29.4 Å². The van der Waals surface area contributed by atoms with Gasteiger partial charge in [0.25, 0.3) is 0 Å². The molecule has 5 nitrogen and oxygen atoms in total. The van der Waals surface area contributed by atoms with Crippen LogP contribution in [0.25, 0.3) is 0 Å². The van der Waals surface area contributed by atoms with Gasteiger partial charge in [0.2, 0.25) is 0 Å². The highest BCUT2D eigenvalue weighted by Gasteiger charge is 2.45. The molecule has 0 amide bonds. The number of rotatable bonds is 5. The zero-order valence-corrected chi connectivity index (χ0v) is 12.5. The average molecular weight is 333 g/mol. The number of nitrogens with zero attached hydrogens (tertiary/aromatic N) is 1. The van der Waals surface area contributed by atoms with Crippen LogP contribution in [0, 0.1) is 0 Å². The van der Waals surface area contributed by atoms with Gasteiger partial charge in [0.05, 0.1) is 11.7 Å². The summed E-state index contributed by atoms with van der Waals surface area (Å²) in [4.78, 5) is 13.0. The number of methoxy groups -OCH3 is 1. The molecule has 2 atom stereocenters. The van der Waals surface area contributed by atoms with Crippen molar-refractivity contribution >= 4 is 5.97 Å². The van der Waals surface area contributed by atoms with E-state index in [1.165, 1.54) is 19.2 Å². The predicted octanol–water partition coefficient (Wildman–Crippen LogP) is 1.91. The number of aliphatic carboxylic acids is 1. The maximum absolute atomic E-state index is 12.5. The van der Waals surface area contributed by atoms with Crippen LogP contribution in [0.15, 0.2) is 24.3 Å². The van der Waals surface area contributed by atoms with E-state index in [4.69, 9.17) is 4.74 Å². The van der Waals surface area contributed by atoms with Crippen molar-refractivity contribution in [3.05, 3.63) is 35.4 Å². The van der Waals surface area contributed by atoms with Crippen LogP contribution in [0.1, 0.15) is 23.7 Å². The van der Waals surface area contributed by atoms with Crippen molar-refractivity contribution in [1.82, 2.24) is 4.90 Å². The molecule has 0 saturated carbocycles. The smallest absolute Gasteiger partial charge is 0.416 e. The van der Waals surface area contributed by atoms with Crippen LogP contribution in [-0.2, 0) is 15.7 Å². The van der Waals surface area contributed by atoms with Gasteiger partial charge in [-0.25, -0.2) is 4.79 Å². The number of alkyl halides is 3. The van der Waals surface area contributed by atoms with Crippen molar-refractivity contribution in [3.8, 4) is 0 Å². The van der Waals surface area contributed by atoms with Crippen molar-refractivity contribution in [3.63, 3.8) is 0 Å². The lowest BCUT2D eigenvalue weighted by atomic mass is 10.0. The molecule has 128 valence electrons. The van der Waals surface area contributed by atoms with Crippen LogP contribution in [0.2, 0.25) is 0 Å². The fourth-order valence-electron chi connectivity index (χ4n) is 2.69. The Morgan fingerprint density at radius 1 is 1.39 bits per heavy atom. The minimum absolute atomic E-state index is 0.122.